The zero-order valence-corrected chi connectivity index (χ0v) is 12.5. The molecule has 2 aliphatic rings. The number of rotatable bonds is 3. The zero-order chi connectivity index (χ0) is 16.7. The highest BCUT2D eigenvalue weighted by Crippen LogP contribution is 2.45. The maximum absolute atomic E-state index is 12.6. The topological polar surface area (TPSA) is 65.7 Å². The van der Waals surface area contributed by atoms with Gasteiger partial charge in [0, 0.05) is 38.0 Å². The second-order valence-corrected chi connectivity index (χ2v) is 6.38. The molecule has 0 radical (unpaired) electrons. The summed E-state index contributed by atoms with van der Waals surface area (Å²) in [6.45, 7) is 1.11. The van der Waals surface area contributed by atoms with Gasteiger partial charge in [0.2, 0.25) is 0 Å². The van der Waals surface area contributed by atoms with Crippen molar-refractivity contribution in [3.8, 4) is 0 Å². The molecule has 2 N–H and O–H groups in total. The summed E-state index contributed by atoms with van der Waals surface area (Å²) in [5.74, 6) is -0.0905. The Morgan fingerprint density at radius 1 is 1.30 bits per heavy atom. The Balaban J connectivity index is 1.43. The van der Waals surface area contributed by atoms with Gasteiger partial charge in [0.05, 0.1) is 11.8 Å². The van der Waals surface area contributed by atoms with Gasteiger partial charge in [-0.1, -0.05) is 0 Å². The lowest BCUT2D eigenvalue weighted by Gasteiger charge is -2.46. The molecule has 1 aromatic heterocycles. The first kappa shape index (κ1) is 16.3. The van der Waals surface area contributed by atoms with Crippen molar-refractivity contribution in [2.75, 3.05) is 13.1 Å². The summed E-state index contributed by atoms with van der Waals surface area (Å²) in [5.41, 5.74) is -2.03. The van der Waals surface area contributed by atoms with Crippen molar-refractivity contribution in [1.82, 2.24) is 10.2 Å². The highest BCUT2D eigenvalue weighted by atomic mass is 19.4. The van der Waals surface area contributed by atoms with Gasteiger partial charge < -0.3 is 19.7 Å². The Kier molecular flexibility index (Phi) is 4.14. The van der Waals surface area contributed by atoms with Crippen LogP contribution in [-0.4, -0.2) is 52.9 Å². The number of hydrogen-bond acceptors (Lipinski definition) is 4. The standard InChI is InChI=1S/C15H19F3N2O3/c16-15(17,18)14(22)7-12(8-14)19-11-1-4-20(5-2-11)13(21)10-3-6-23-9-10/h3,6,9,11-12,19,22H,1-2,4-5,7-8H2. The fourth-order valence-electron chi connectivity index (χ4n) is 3.26. The quantitative estimate of drug-likeness (QED) is 0.888. The predicted octanol–water partition coefficient (Wildman–Crippen LogP) is 1.93. The van der Waals surface area contributed by atoms with Gasteiger partial charge >= 0.3 is 6.18 Å². The van der Waals surface area contributed by atoms with Crippen LogP contribution in [0.15, 0.2) is 23.0 Å². The van der Waals surface area contributed by atoms with E-state index in [0.717, 1.165) is 0 Å². The van der Waals surface area contributed by atoms with E-state index >= 15 is 0 Å². The molecule has 1 saturated carbocycles. The highest BCUT2D eigenvalue weighted by molar-refractivity contribution is 5.93. The third-order valence-corrected chi connectivity index (χ3v) is 4.72. The van der Waals surface area contributed by atoms with E-state index in [1.165, 1.54) is 12.5 Å². The molecule has 1 aliphatic heterocycles. The van der Waals surface area contributed by atoms with Crippen LogP contribution in [0.2, 0.25) is 0 Å². The van der Waals surface area contributed by atoms with Crippen molar-refractivity contribution >= 4 is 5.91 Å². The van der Waals surface area contributed by atoms with E-state index in [4.69, 9.17) is 4.42 Å². The smallest absolute Gasteiger partial charge is 0.417 e. The number of likely N-dealkylation sites (tertiary alicyclic amines) is 1. The number of alkyl halides is 3. The first-order chi connectivity index (χ1) is 10.8. The molecule has 2 heterocycles. The average Bonchev–Trinajstić information content (AvgIpc) is 2.98. The zero-order valence-electron chi connectivity index (χ0n) is 12.5. The SMILES string of the molecule is O=C(c1ccoc1)N1CCC(NC2CC(O)(C(F)(F)F)C2)CC1. The molecule has 128 valence electrons. The number of nitrogens with zero attached hydrogens (tertiary/aromatic N) is 1. The normalized spacial score (nSPS) is 29.4. The second kappa shape index (κ2) is 5.83. The van der Waals surface area contributed by atoms with Gasteiger partial charge in [0.1, 0.15) is 6.26 Å². The minimum Gasteiger partial charge on any atom is -0.472 e. The molecule has 1 amide bonds. The summed E-state index contributed by atoms with van der Waals surface area (Å²) in [4.78, 5) is 13.9. The van der Waals surface area contributed by atoms with Gasteiger partial charge in [-0.3, -0.25) is 4.79 Å². The van der Waals surface area contributed by atoms with E-state index < -0.39 is 11.8 Å². The van der Waals surface area contributed by atoms with Crippen molar-refractivity contribution in [1.29, 1.82) is 0 Å². The summed E-state index contributed by atoms with van der Waals surface area (Å²) < 4.78 is 42.6. The van der Waals surface area contributed by atoms with Gasteiger partial charge in [-0.2, -0.15) is 13.2 Å². The lowest BCUT2D eigenvalue weighted by molar-refractivity contribution is -0.292. The van der Waals surface area contributed by atoms with Gasteiger partial charge in [-0.05, 0) is 18.9 Å². The summed E-state index contributed by atoms with van der Waals surface area (Å²) in [6.07, 6.45) is -0.950. The van der Waals surface area contributed by atoms with Gasteiger partial charge in [0.15, 0.2) is 5.60 Å². The van der Waals surface area contributed by atoms with Crippen LogP contribution < -0.4 is 5.32 Å². The first-order valence-corrected chi connectivity index (χ1v) is 7.65. The fourth-order valence-corrected chi connectivity index (χ4v) is 3.26. The highest BCUT2D eigenvalue weighted by Gasteiger charge is 2.61. The molecule has 8 heteroatoms. The van der Waals surface area contributed by atoms with Crippen molar-refractivity contribution in [2.45, 2.75) is 49.5 Å². The number of amides is 1. The van der Waals surface area contributed by atoms with Crippen LogP contribution >= 0.6 is 0 Å². The predicted molar refractivity (Wildman–Crippen MR) is 74.8 cm³/mol. The molecule has 0 atom stereocenters. The summed E-state index contributed by atoms with van der Waals surface area (Å²) in [7, 11) is 0. The number of piperidine rings is 1. The van der Waals surface area contributed by atoms with Crippen LogP contribution in [-0.2, 0) is 0 Å². The van der Waals surface area contributed by atoms with E-state index in [1.54, 1.807) is 11.0 Å². The molecule has 0 aromatic carbocycles. The second-order valence-electron chi connectivity index (χ2n) is 6.38. The monoisotopic (exact) mass is 332 g/mol. The molecule has 2 fully saturated rings. The van der Waals surface area contributed by atoms with Crippen molar-refractivity contribution in [3.63, 3.8) is 0 Å². The Bertz CT molecular complexity index is 545. The largest absolute Gasteiger partial charge is 0.472 e. The minimum absolute atomic E-state index is 0.0752. The van der Waals surface area contributed by atoms with E-state index in [2.05, 4.69) is 5.32 Å². The fraction of sp³-hybridized carbons (Fsp3) is 0.667. The Hall–Kier alpha value is -1.54. The van der Waals surface area contributed by atoms with Gasteiger partial charge in [-0.15, -0.1) is 0 Å². The third kappa shape index (κ3) is 3.23. The van der Waals surface area contributed by atoms with E-state index in [1.807, 2.05) is 0 Å². The number of carbonyl (C=O) groups is 1. The number of aliphatic hydroxyl groups is 1. The average molecular weight is 332 g/mol. The molecule has 1 aromatic rings. The molecule has 1 aliphatic carbocycles. The van der Waals surface area contributed by atoms with Crippen molar-refractivity contribution in [2.24, 2.45) is 0 Å². The maximum Gasteiger partial charge on any atom is 0.417 e. The van der Waals surface area contributed by atoms with Crippen molar-refractivity contribution in [3.05, 3.63) is 24.2 Å². The lowest BCUT2D eigenvalue weighted by Crippen LogP contribution is -2.63. The molecule has 1 saturated heterocycles. The number of halogens is 3. The lowest BCUT2D eigenvalue weighted by atomic mass is 9.74. The maximum atomic E-state index is 12.6. The molecular weight excluding hydrogens is 313 g/mol. The van der Waals surface area contributed by atoms with Crippen LogP contribution in [0.4, 0.5) is 13.2 Å². The van der Waals surface area contributed by atoms with E-state index in [0.29, 0.717) is 31.5 Å². The van der Waals surface area contributed by atoms with Crippen LogP contribution in [0, 0.1) is 0 Å². The minimum atomic E-state index is -4.56. The number of nitrogens with one attached hydrogen (secondary N) is 1. The molecular formula is C15H19F3N2O3. The number of furan rings is 1. The number of carbonyl (C=O) groups excluding carboxylic acids is 1. The summed E-state index contributed by atoms with van der Waals surface area (Å²) in [6, 6.07) is 1.37. The molecule has 23 heavy (non-hydrogen) atoms. The van der Waals surface area contributed by atoms with Crippen molar-refractivity contribution < 1.29 is 27.5 Å². The number of hydrogen-bond donors (Lipinski definition) is 2. The van der Waals surface area contributed by atoms with Crippen LogP contribution in [0.5, 0.6) is 0 Å². The van der Waals surface area contributed by atoms with Crippen LogP contribution in [0.1, 0.15) is 36.0 Å². The van der Waals surface area contributed by atoms with E-state index in [-0.39, 0.29) is 30.8 Å². The van der Waals surface area contributed by atoms with Crippen LogP contribution in [0.3, 0.4) is 0 Å². The third-order valence-electron chi connectivity index (χ3n) is 4.72. The molecule has 0 spiro atoms. The molecule has 0 unspecified atom stereocenters. The van der Waals surface area contributed by atoms with Gasteiger partial charge in [-0.25, -0.2) is 0 Å². The Labute approximate surface area is 131 Å². The summed E-state index contributed by atoms with van der Waals surface area (Å²) in [5, 5.41) is 12.6. The Morgan fingerprint density at radius 3 is 2.48 bits per heavy atom. The van der Waals surface area contributed by atoms with Crippen LogP contribution in [0.25, 0.3) is 0 Å². The van der Waals surface area contributed by atoms with E-state index in [9.17, 15) is 23.1 Å². The summed E-state index contributed by atoms with van der Waals surface area (Å²) >= 11 is 0. The molecule has 0 bridgehead atoms. The Morgan fingerprint density at radius 2 is 1.96 bits per heavy atom. The molecule has 3 rings (SSSR count). The first-order valence-electron chi connectivity index (χ1n) is 7.65. The van der Waals surface area contributed by atoms with Gasteiger partial charge in [0.25, 0.3) is 5.91 Å². The molecule has 5 nitrogen and oxygen atoms in total.